The number of likely N-dealkylation sites (N-methyl/N-ethyl adjacent to an activating group) is 1. The summed E-state index contributed by atoms with van der Waals surface area (Å²) in [6.45, 7) is 10.7. The van der Waals surface area contributed by atoms with Crippen LogP contribution in [0.2, 0.25) is 0 Å². The average molecular weight is 227 g/mol. The van der Waals surface area contributed by atoms with E-state index in [1.54, 1.807) is 0 Å². The summed E-state index contributed by atoms with van der Waals surface area (Å²) >= 11 is 0. The fraction of sp³-hybridized carbons (Fsp3) is 1.00. The van der Waals surface area contributed by atoms with Gasteiger partial charge in [0, 0.05) is 6.04 Å². The quantitative estimate of drug-likeness (QED) is 0.720. The smallest absolute Gasteiger partial charge is 0.0628 e. The molecule has 0 bridgehead atoms. The van der Waals surface area contributed by atoms with Crippen LogP contribution < -0.4 is 5.32 Å². The van der Waals surface area contributed by atoms with Crippen LogP contribution in [-0.2, 0) is 4.74 Å². The summed E-state index contributed by atoms with van der Waals surface area (Å²) in [6.07, 6.45) is 7.18. The van der Waals surface area contributed by atoms with Crippen LogP contribution in [-0.4, -0.2) is 25.3 Å². The van der Waals surface area contributed by atoms with E-state index in [1.807, 2.05) is 0 Å². The van der Waals surface area contributed by atoms with Gasteiger partial charge in [0.25, 0.3) is 0 Å². The van der Waals surface area contributed by atoms with Crippen LogP contribution in [0.5, 0.6) is 0 Å². The zero-order valence-corrected chi connectivity index (χ0v) is 11.5. The van der Waals surface area contributed by atoms with E-state index < -0.39 is 0 Å². The van der Waals surface area contributed by atoms with Crippen molar-refractivity contribution in [2.75, 3.05) is 13.2 Å². The minimum Gasteiger partial charge on any atom is -0.377 e. The first-order valence-electron chi connectivity index (χ1n) is 6.99. The number of rotatable bonds is 7. The van der Waals surface area contributed by atoms with Crippen LogP contribution in [0.25, 0.3) is 0 Å². The molecule has 1 atom stereocenters. The molecule has 1 saturated carbocycles. The predicted octanol–water partition coefficient (Wildman–Crippen LogP) is 3.36. The Morgan fingerprint density at radius 2 is 1.81 bits per heavy atom. The summed E-state index contributed by atoms with van der Waals surface area (Å²) in [5.74, 6) is 0. The molecular formula is C14H29NO. The summed E-state index contributed by atoms with van der Waals surface area (Å²) in [4.78, 5) is 0. The van der Waals surface area contributed by atoms with Gasteiger partial charge in [0.2, 0.25) is 0 Å². The van der Waals surface area contributed by atoms with Crippen LogP contribution >= 0.6 is 0 Å². The van der Waals surface area contributed by atoms with Crippen LogP contribution in [0, 0.1) is 5.41 Å². The highest BCUT2D eigenvalue weighted by atomic mass is 16.5. The maximum Gasteiger partial charge on any atom is 0.0628 e. The van der Waals surface area contributed by atoms with Crippen LogP contribution in [0.1, 0.15) is 59.8 Å². The van der Waals surface area contributed by atoms with Crippen molar-refractivity contribution in [3.05, 3.63) is 0 Å². The van der Waals surface area contributed by atoms with Gasteiger partial charge in [-0.25, -0.2) is 0 Å². The predicted molar refractivity (Wildman–Crippen MR) is 69.7 cm³/mol. The van der Waals surface area contributed by atoms with Gasteiger partial charge in [0.05, 0.1) is 12.7 Å². The van der Waals surface area contributed by atoms with Crippen molar-refractivity contribution < 1.29 is 4.74 Å². The summed E-state index contributed by atoms with van der Waals surface area (Å²) in [6, 6.07) is 0.549. The topological polar surface area (TPSA) is 21.3 Å². The maximum absolute atomic E-state index is 5.83. The van der Waals surface area contributed by atoms with Crippen molar-refractivity contribution in [2.45, 2.75) is 71.9 Å². The summed E-state index contributed by atoms with van der Waals surface area (Å²) in [5.41, 5.74) is 0.505. The fourth-order valence-corrected chi connectivity index (χ4v) is 3.01. The third-order valence-electron chi connectivity index (χ3n) is 4.09. The second-order valence-corrected chi connectivity index (χ2v) is 5.42. The highest BCUT2D eigenvalue weighted by Gasteiger charge is 2.39. The SMILES string of the molecule is CCNC(COC(C)C)C1(CC)CCCC1. The number of ether oxygens (including phenoxy) is 1. The zero-order valence-electron chi connectivity index (χ0n) is 11.5. The number of nitrogens with one attached hydrogen (secondary N) is 1. The molecule has 0 aromatic heterocycles. The third kappa shape index (κ3) is 3.46. The Labute approximate surface area is 101 Å². The first-order chi connectivity index (χ1) is 7.64. The third-order valence-corrected chi connectivity index (χ3v) is 4.09. The van der Waals surface area contributed by atoms with Gasteiger partial charge >= 0.3 is 0 Å². The van der Waals surface area contributed by atoms with Crippen LogP contribution in [0.4, 0.5) is 0 Å². The Morgan fingerprint density at radius 3 is 2.25 bits per heavy atom. The van der Waals surface area contributed by atoms with E-state index in [4.69, 9.17) is 4.74 Å². The Morgan fingerprint density at radius 1 is 1.19 bits per heavy atom. The van der Waals surface area contributed by atoms with Crippen molar-refractivity contribution >= 4 is 0 Å². The highest BCUT2D eigenvalue weighted by Crippen LogP contribution is 2.44. The molecular weight excluding hydrogens is 198 g/mol. The van der Waals surface area contributed by atoms with Gasteiger partial charge in [-0.2, -0.15) is 0 Å². The van der Waals surface area contributed by atoms with E-state index in [2.05, 4.69) is 33.0 Å². The molecule has 0 saturated heterocycles. The van der Waals surface area contributed by atoms with Crippen molar-refractivity contribution in [1.29, 1.82) is 0 Å². The van der Waals surface area contributed by atoms with Crippen LogP contribution in [0.3, 0.4) is 0 Å². The molecule has 0 amide bonds. The van der Waals surface area contributed by atoms with Crippen molar-refractivity contribution in [1.82, 2.24) is 5.32 Å². The van der Waals surface area contributed by atoms with Crippen molar-refractivity contribution in [3.8, 4) is 0 Å². The molecule has 0 aromatic carbocycles. The molecule has 0 radical (unpaired) electrons. The Hall–Kier alpha value is -0.0800. The lowest BCUT2D eigenvalue weighted by atomic mass is 9.76. The van der Waals surface area contributed by atoms with E-state index in [-0.39, 0.29) is 0 Å². The van der Waals surface area contributed by atoms with Gasteiger partial charge < -0.3 is 10.1 Å². The van der Waals surface area contributed by atoms with Gasteiger partial charge in [-0.3, -0.25) is 0 Å². The second-order valence-electron chi connectivity index (χ2n) is 5.42. The Kier molecular flexibility index (Phi) is 5.77. The van der Waals surface area contributed by atoms with E-state index in [9.17, 15) is 0 Å². The molecule has 0 aromatic rings. The molecule has 96 valence electrons. The molecule has 1 aliphatic carbocycles. The lowest BCUT2D eigenvalue weighted by molar-refractivity contribution is 0.0228. The Balaban J connectivity index is 2.58. The van der Waals surface area contributed by atoms with Crippen molar-refractivity contribution in [3.63, 3.8) is 0 Å². The molecule has 0 aliphatic heterocycles. The standard InChI is InChI=1S/C14H29NO/c1-5-14(9-7-8-10-14)13(15-6-2)11-16-12(3)4/h12-13,15H,5-11H2,1-4H3. The molecule has 1 rings (SSSR count). The van der Waals surface area contributed by atoms with Crippen LogP contribution in [0.15, 0.2) is 0 Å². The minimum absolute atomic E-state index is 0.344. The molecule has 1 aliphatic rings. The number of hydrogen-bond acceptors (Lipinski definition) is 2. The number of hydrogen-bond donors (Lipinski definition) is 1. The normalized spacial score (nSPS) is 21.6. The van der Waals surface area contributed by atoms with E-state index in [1.165, 1.54) is 32.1 Å². The van der Waals surface area contributed by atoms with Crippen molar-refractivity contribution in [2.24, 2.45) is 5.41 Å². The van der Waals surface area contributed by atoms with Gasteiger partial charge in [-0.15, -0.1) is 0 Å². The molecule has 2 nitrogen and oxygen atoms in total. The summed E-state index contributed by atoms with van der Waals surface area (Å²) in [5, 5.41) is 3.65. The molecule has 2 heteroatoms. The lowest BCUT2D eigenvalue weighted by Crippen LogP contribution is -2.47. The van der Waals surface area contributed by atoms with Gasteiger partial charge in [0.15, 0.2) is 0 Å². The van der Waals surface area contributed by atoms with E-state index in [0.29, 0.717) is 17.6 Å². The van der Waals surface area contributed by atoms with Gasteiger partial charge in [-0.1, -0.05) is 26.7 Å². The Bertz CT molecular complexity index is 185. The first kappa shape index (κ1) is 14.0. The molecule has 0 spiro atoms. The highest BCUT2D eigenvalue weighted by molar-refractivity contribution is 4.93. The molecule has 16 heavy (non-hydrogen) atoms. The summed E-state index contributed by atoms with van der Waals surface area (Å²) in [7, 11) is 0. The fourth-order valence-electron chi connectivity index (χ4n) is 3.01. The van der Waals surface area contributed by atoms with Gasteiger partial charge in [0.1, 0.15) is 0 Å². The second kappa shape index (κ2) is 6.61. The van der Waals surface area contributed by atoms with E-state index >= 15 is 0 Å². The molecule has 0 heterocycles. The molecule has 1 fully saturated rings. The minimum atomic E-state index is 0.344. The largest absolute Gasteiger partial charge is 0.377 e. The molecule has 1 unspecified atom stereocenters. The van der Waals surface area contributed by atoms with E-state index in [0.717, 1.165) is 13.2 Å². The summed E-state index contributed by atoms with van der Waals surface area (Å²) < 4.78 is 5.83. The monoisotopic (exact) mass is 227 g/mol. The first-order valence-corrected chi connectivity index (χ1v) is 6.99. The van der Waals surface area contributed by atoms with Gasteiger partial charge in [-0.05, 0) is 45.1 Å². The maximum atomic E-state index is 5.83. The molecule has 1 N–H and O–H groups in total. The zero-order chi connectivity index (χ0) is 12.0. The average Bonchev–Trinajstić information content (AvgIpc) is 2.73. The lowest BCUT2D eigenvalue weighted by Gasteiger charge is -2.37.